The van der Waals surface area contributed by atoms with Gasteiger partial charge < -0.3 is 14.6 Å². The van der Waals surface area contributed by atoms with E-state index in [1.54, 1.807) is 0 Å². The molecule has 0 bridgehead atoms. The average molecular weight is 180 g/mol. The van der Waals surface area contributed by atoms with Gasteiger partial charge in [0.2, 0.25) is 6.29 Å². The normalized spacial score (nSPS) is 20.6. The number of aryl methyl sites for hydroxylation is 1. The van der Waals surface area contributed by atoms with Gasteiger partial charge in [-0.2, -0.15) is 0 Å². The summed E-state index contributed by atoms with van der Waals surface area (Å²) in [4.78, 5) is 0. The summed E-state index contributed by atoms with van der Waals surface area (Å²) in [6.07, 6.45) is -0.505. The number of ether oxygens (including phenoxy) is 2. The minimum absolute atomic E-state index is 0.104. The molecule has 0 aliphatic carbocycles. The molecule has 1 atom stereocenters. The predicted molar refractivity (Wildman–Crippen MR) is 47.5 cm³/mol. The van der Waals surface area contributed by atoms with E-state index in [4.69, 9.17) is 14.6 Å². The van der Waals surface area contributed by atoms with E-state index in [0.717, 1.165) is 16.9 Å². The molecule has 0 saturated carbocycles. The molecule has 1 heterocycles. The lowest BCUT2D eigenvalue weighted by molar-refractivity contribution is -0.130. The lowest BCUT2D eigenvalue weighted by Crippen LogP contribution is -2.29. The van der Waals surface area contributed by atoms with Crippen LogP contribution in [0.4, 0.5) is 0 Å². The molecule has 0 saturated heterocycles. The molecular formula is C10H12O3. The first kappa shape index (κ1) is 8.53. The molecule has 3 nitrogen and oxygen atoms in total. The topological polar surface area (TPSA) is 38.7 Å². The number of fused-ring (bicyclic) bond motifs is 1. The second-order valence-corrected chi connectivity index (χ2v) is 3.09. The second-order valence-electron chi connectivity index (χ2n) is 3.09. The van der Waals surface area contributed by atoms with Crippen molar-refractivity contribution < 1.29 is 14.6 Å². The van der Waals surface area contributed by atoms with Crippen molar-refractivity contribution in [3.63, 3.8) is 0 Å². The number of hydrogen-bond acceptors (Lipinski definition) is 3. The number of benzene rings is 1. The van der Waals surface area contributed by atoms with E-state index in [1.807, 2.05) is 25.1 Å². The monoisotopic (exact) mass is 180 g/mol. The summed E-state index contributed by atoms with van der Waals surface area (Å²) in [5.74, 6) is 0.824. The molecule has 0 spiro atoms. The van der Waals surface area contributed by atoms with Crippen molar-refractivity contribution in [1.82, 2.24) is 0 Å². The van der Waals surface area contributed by atoms with Gasteiger partial charge in [-0.15, -0.1) is 0 Å². The highest BCUT2D eigenvalue weighted by Gasteiger charge is 2.19. The number of aliphatic hydroxyl groups is 1. The first-order valence-electron chi connectivity index (χ1n) is 4.29. The van der Waals surface area contributed by atoms with Crippen molar-refractivity contribution in [2.24, 2.45) is 0 Å². The van der Waals surface area contributed by atoms with E-state index in [1.165, 1.54) is 0 Å². The van der Waals surface area contributed by atoms with E-state index in [0.29, 0.717) is 6.61 Å². The Kier molecular flexibility index (Phi) is 2.20. The van der Waals surface area contributed by atoms with Crippen LogP contribution in [-0.4, -0.2) is 18.0 Å². The lowest BCUT2D eigenvalue weighted by Gasteiger charge is -2.25. The Morgan fingerprint density at radius 1 is 1.54 bits per heavy atom. The minimum atomic E-state index is -0.505. The zero-order valence-electron chi connectivity index (χ0n) is 7.49. The maximum atomic E-state index is 8.84. The Balaban J connectivity index is 2.31. The maximum absolute atomic E-state index is 8.84. The molecular weight excluding hydrogens is 168 g/mol. The molecule has 0 radical (unpaired) electrons. The third-order valence-electron chi connectivity index (χ3n) is 2.19. The summed E-state index contributed by atoms with van der Waals surface area (Å²) in [6, 6.07) is 5.85. The fraction of sp³-hybridized carbons (Fsp3) is 0.400. The maximum Gasteiger partial charge on any atom is 0.223 e. The molecule has 13 heavy (non-hydrogen) atoms. The van der Waals surface area contributed by atoms with Crippen molar-refractivity contribution >= 4 is 0 Å². The van der Waals surface area contributed by atoms with Crippen LogP contribution in [0, 0.1) is 6.92 Å². The van der Waals surface area contributed by atoms with Gasteiger partial charge in [-0.1, -0.05) is 12.1 Å². The molecule has 1 aromatic carbocycles. The molecule has 1 unspecified atom stereocenters. The van der Waals surface area contributed by atoms with Crippen LogP contribution >= 0.6 is 0 Å². The lowest BCUT2D eigenvalue weighted by atomic mass is 10.1. The number of aliphatic hydroxyl groups excluding tert-OH is 1. The summed E-state index contributed by atoms with van der Waals surface area (Å²) in [6.45, 7) is 2.44. The van der Waals surface area contributed by atoms with Gasteiger partial charge in [0.25, 0.3) is 0 Å². The van der Waals surface area contributed by atoms with Gasteiger partial charge in [0.1, 0.15) is 12.4 Å². The summed E-state index contributed by atoms with van der Waals surface area (Å²) >= 11 is 0. The van der Waals surface area contributed by atoms with Crippen molar-refractivity contribution in [3.05, 3.63) is 29.3 Å². The molecule has 0 fully saturated rings. The first-order valence-corrected chi connectivity index (χ1v) is 4.29. The summed E-state index contributed by atoms with van der Waals surface area (Å²) < 4.78 is 10.7. The summed E-state index contributed by atoms with van der Waals surface area (Å²) in [5.41, 5.74) is 2.24. The zero-order valence-corrected chi connectivity index (χ0v) is 7.49. The predicted octanol–water partition coefficient (Wildman–Crippen LogP) is 1.22. The summed E-state index contributed by atoms with van der Waals surface area (Å²) in [5, 5.41) is 8.84. The molecule has 1 aliphatic heterocycles. The third-order valence-corrected chi connectivity index (χ3v) is 2.19. The van der Waals surface area contributed by atoms with Gasteiger partial charge in [0.15, 0.2) is 0 Å². The molecule has 0 aromatic heterocycles. The highest BCUT2D eigenvalue weighted by Crippen LogP contribution is 2.28. The molecule has 1 aliphatic rings. The minimum Gasteiger partial charge on any atom is -0.462 e. The van der Waals surface area contributed by atoms with Crippen LogP contribution in [0.15, 0.2) is 18.2 Å². The Hall–Kier alpha value is -1.06. The Bertz CT molecular complexity index is 309. The molecule has 0 amide bonds. The van der Waals surface area contributed by atoms with Crippen LogP contribution in [0.2, 0.25) is 0 Å². The van der Waals surface area contributed by atoms with E-state index in [9.17, 15) is 0 Å². The fourth-order valence-electron chi connectivity index (χ4n) is 1.41. The SMILES string of the molecule is Cc1cccc2c1COC(CO)O2. The molecule has 70 valence electrons. The van der Waals surface area contributed by atoms with Crippen LogP contribution in [0.25, 0.3) is 0 Å². The zero-order chi connectivity index (χ0) is 9.26. The van der Waals surface area contributed by atoms with Gasteiger partial charge in [-0.25, -0.2) is 0 Å². The summed E-state index contributed by atoms with van der Waals surface area (Å²) in [7, 11) is 0. The average Bonchev–Trinajstić information content (AvgIpc) is 2.18. The Morgan fingerprint density at radius 2 is 2.38 bits per heavy atom. The molecule has 1 aromatic rings. The van der Waals surface area contributed by atoms with Gasteiger partial charge in [0.05, 0.1) is 6.61 Å². The Morgan fingerprint density at radius 3 is 3.15 bits per heavy atom. The van der Waals surface area contributed by atoms with Gasteiger partial charge >= 0.3 is 0 Å². The highest BCUT2D eigenvalue weighted by molar-refractivity contribution is 5.39. The van der Waals surface area contributed by atoms with E-state index >= 15 is 0 Å². The van der Waals surface area contributed by atoms with Gasteiger partial charge in [-0.05, 0) is 18.6 Å². The molecule has 3 heteroatoms. The van der Waals surface area contributed by atoms with Crippen molar-refractivity contribution in [3.8, 4) is 5.75 Å². The second kappa shape index (κ2) is 3.36. The van der Waals surface area contributed by atoms with Crippen LogP contribution < -0.4 is 4.74 Å². The standard InChI is InChI=1S/C10H12O3/c1-7-3-2-4-9-8(7)6-12-10(5-11)13-9/h2-4,10-11H,5-6H2,1H3. The first-order chi connectivity index (χ1) is 6.31. The third kappa shape index (κ3) is 1.53. The van der Waals surface area contributed by atoms with Crippen LogP contribution in [0.5, 0.6) is 5.75 Å². The van der Waals surface area contributed by atoms with E-state index in [2.05, 4.69) is 0 Å². The smallest absolute Gasteiger partial charge is 0.223 e. The van der Waals surface area contributed by atoms with Crippen molar-refractivity contribution in [2.75, 3.05) is 6.61 Å². The van der Waals surface area contributed by atoms with Crippen molar-refractivity contribution in [1.29, 1.82) is 0 Å². The fourth-order valence-corrected chi connectivity index (χ4v) is 1.41. The largest absolute Gasteiger partial charge is 0.462 e. The van der Waals surface area contributed by atoms with Gasteiger partial charge in [-0.3, -0.25) is 0 Å². The van der Waals surface area contributed by atoms with E-state index in [-0.39, 0.29) is 6.61 Å². The highest BCUT2D eigenvalue weighted by atomic mass is 16.7. The van der Waals surface area contributed by atoms with E-state index < -0.39 is 6.29 Å². The van der Waals surface area contributed by atoms with Crippen LogP contribution in [0.1, 0.15) is 11.1 Å². The Labute approximate surface area is 76.9 Å². The van der Waals surface area contributed by atoms with Crippen molar-refractivity contribution in [2.45, 2.75) is 19.8 Å². The quantitative estimate of drug-likeness (QED) is 0.706. The van der Waals surface area contributed by atoms with Crippen LogP contribution in [-0.2, 0) is 11.3 Å². The number of rotatable bonds is 1. The van der Waals surface area contributed by atoms with Gasteiger partial charge in [0, 0.05) is 5.56 Å². The number of hydrogen-bond donors (Lipinski definition) is 1. The molecule has 2 rings (SSSR count). The molecule has 1 N–H and O–H groups in total. The van der Waals surface area contributed by atoms with Crippen LogP contribution in [0.3, 0.4) is 0 Å².